The lowest BCUT2D eigenvalue weighted by atomic mass is 9.83. The van der Waals surface area contributed by atoms with Crippen LogP contribution < -0.4 is 0 Å². The zero-order chi connectivity index (χ0) is 7.19. The van der Waals surface area contributed by atoms with Gasteiger partial charge in [0.05, 0.1) is 0 Å². The fourth-order valence-electron chi connectivity index (χ4n) is 2.08. The van der Waals surface area contributed by atoms with Gasteiger partial charge in [-0.15, -0.1) is 0 Å². The number of hydrogen-bond acceptors (Lipinski definition) is 1. The lowest BCUT2D eigenvalue weighted by molar-refractivity contribution is -0.118. The molecule has 2 atom stereocenters. The molecule has 0 spiro atoms. The summed E-state index contributed by atoms with van der Waals surface area (Å²) in [7, 11) is 0. The highest BCUT2D eigenvalue weighted by Crippen LogP contribution is 2.45. The van der Waals surface area contributed by atoms with Crippen molar-refractivity contribution in [3.63, 3.8) is 0 Å². The predicted octanol–water partition coefficient (Wildman–Crippen LogP) is 1.93. The molecule has 1 saturated carbocycles. The Hall–Kier alpha value is -0.590. The molecule has 1 heteroatoms. The molecule has 0 aromatic heterocycles. The molecule has 0 amide bonds. The van der Waals surface area contributed by atoms with Crippen molar-refractivity contribution in [2.75, 3.05) is 0 Å². The Morgan fingerprint density at radius 3 is 3.20 bits per heavy atom. The third-order valence-corrected chi connectivity index (χ3v) is 2.83. The summed E-state index contributed by atoms with van der Waals surface area (Å²) < 4.78 is 0. The lowest BCUT2D eigenvalue weighted by Gasteiger charge is -2.21. The Kier molecular flexibility index (Phi) is 1.05. The highest BCUT2D eigenvalue weighted by atomic mass is 16.1. The van der Waals surface area contributed by atoms with Crippen LogP contribution >= 0.6 is 0 Å². The molecular weight excluding hydrogens is 124 g/mol. The number of carbonyl (C=O) groups is 1. The van der Waals surface area contributed by atoms with E-state index in [1.807, 2.05) is 0 Å². The Balaban J connectivity index is 2.35. The van der Waals surface area contributed by atoms with Gasteiger partial charge in [-0.1, -0.05) is 13.0 Å². The maximum absolute atomic E-state index is 11.1. The molecule has 0 aliphatic heterocycles. The van der Waals surface area contributed by atoms with Gasteiger partial charge in [0.15, 0.2) is 5.78 Å². The maximum Gasteiger partial charge on any atom is 0.158 e. The van der Waals surface area contributed by atoms with Crippen LogP contribution in [0.3, 0.4) is 0 Å². The Bertz CT molecular complexity index is 205. The van der Waals surface area contributed by atoms with Gasteiger partial charge in [0.25, 0.3) is 0 Å². The minimum absolute atomic E-state index is 0.356. The average molecular weight is 136 g/mol. The van der Waals surface area contributed by atoms with Crippen molar-refractivity contribution >= 4 is 5.78 Å². The number of ketones is 1. The summed E-state index contributed by atoms with van der Waals surface area (Å²) in [5.41, 5.74) is 0.374. The van der Waals surface area contributed by atoms with Crippen molar-refractivity contribution in [2.45, 2.75) is 26.2 Å². The second-order valence-electron chi connectivity index (χ2n) is 3.83. The standard InChI is InChI=1S/C9H12O/c1-9-4-2-7(6-9)8(10)3-5-9/h3,5,7H,2,4,6H2,1H3. The summed E-state index contributed by atoms with van der Waals surface area (Å²) in [5, 5.41) is 0. The molecule has 10 heavy (non-hydrogen) atoms. The van der Waals surface area contributed by atoms with Crippen molar-refractivity contribution in [3.8, 4) is 0 Å². The quantitative estimate of drug-likeness (QED) is 0.497. The molecule has 0 aromatic carbocycles. The fourth-order valence-corrected chi connectivity index (χ4v) is 2.08. The zero-order valence-electron chi connectivity index (χ0n) is 6.26. The first-order valence-electron chi connectivity index (χ1n) is 3.93. The van der Waals surface area contributed by atoms with E-state index in [-0.39, 0.29) is 0 Å². The van der Waals surface area contributed by atoms with Crippen LogP contribution in [0.5, 0.6) is 0 Å². The number of carbonyl (C=O) groups excluding carboxylic acids is 1. The summed E-state index contributed by atoms with van der Waals surface area (Å²) >= 11 is 0. The predicted molar refractivity (Wildman–Crippen MR) is 39.6 cm³/mol. The first-order chi connectivity index (χ1) is 4.70. The normalized spacial score (nSPS) is 44.5. The highest BCUT2D eigenvalue weighted by Gasteiger charge is 2.38. The summed E-state index contributed by atoms with van der Waals surface area (Å²) in [5.74, 6) is 0.727. The smallest absolute Gasteiger partial charge is 0.158 e. The molecule has 1 fully saturated rings. The van der Waals surface area contributed by atoms with Crippen molar-refractivity contribution in [3.05, 3.63) is 12.2 Å². The zero-order valence-corrected chi connectivity index (χ0v) is 6.26. The van der Waals surface area contributed by atoms with Crippen LogP contribution in [0.15, 0.2) is 12.2 Å². The lowest BCUT2D eigenvalue weighted by Crippen LogP contribution is -2.17. The number of rotatable bonds is 0. The Labute approximate surface area is 61.1 Å². The molecule has 2 aliphatic rings. The minimum Gasteiger partial charge on any atom is -0.295 e. The van der Waals surface area contributed by atoms with Crippen molar-refractivity contribution in [1.82, 2.24) is 0 Å². The van der Waals surface area contributed by atoms with E-state index < -0.39 is 0 Å². The van der Waals surface area contributed by atoms with E-state index >= 15 is 0 Å². The van der Waals surface area contributed by atoms with Gasteiger partial charge < -0.3 is 0 Å². The third kappa shape index (κ3) is 0.731. The first kappa shape index (κ1) is 6.14. The second-order valence-corrected chi connectivity index (χ2v) is 3.83. The molecule has 54 valence electrons. The van der Waals surface area contributed by atoms with E-state index in [4.69, 9.17) is 0 Å². The van der Waals surface area contributed by atoms with Gasteiger partial charge in [0.1, 0.15) is 0 Å². The van der Waals surface area contributed by atoms with Crippen LogP contribution in [0.4, 0.5) is 0 Å². The molecule has 0 aromatic rings. The molecule has 0 N–H and O–H groups in total. The average Bonchev–Trinajstić information content (AvgIpc) is 2.23. The summed E-state index contributed by atoms with van der Waals surface area (Å²) in [6.07, 6.45) is 7.30. The highest BCUT2D eigenvalue weighted by molar-refractivity contribution is 5.93. The largest absolute Gasteiger partial charge is 0.295 e. The first-order valence-corrected chi connectivity index (χ1v) is 3.93. The molecule has 0 heterocycles. The van der Waals surface area contributed by atoms with Gasteiger partial charge in [0, 0.05) is 5.92 Å². The maximum atomic E-state index is 11.1. The number of allylic oxidation sites excluding steroid dienone is 2. The number of fused-ring (bicyclic) bond motifs is 2. The van der Waals surface area contributed by atoms with Crippen LogP contribution in [-0.2, 0) is 4.79 Å². The number of hydrogen-bond donors (Lipinski definition) is 0. The van der Waals surface area contributed by atoms with E-state index in [1.165, 1.54) is 6.42 Å². The fraction of sp³-hybridized carbons (Fsp3) is 0.667. The molecule has 1 nitrogen and oxygen atoms in total. The molecular formula is C9H12O. The van der Waals surface area contributed by atoms with E-state index in [9.17, 15) is 4.79 Å². The topological polar surface area (TPSA) is 17.1 Å². The van der Waals surface area contributed by atoms with Crippen LogP contribution in [-0.4, -0.2) is 5.78 Å². The van der Waals surface area contributed by atoms with Crippen LogP contribution in [0.2, 0.25) is 0 Å². The van der Waals surface area contributed by atoms with Gasteiger partial charge in [-0.2, -0.15) is 0 Å². The van der Waals surface area contributed by atoms with Crippen molar-refractivity contribution < 1.29 is 4.79 Å². The molecule has 2 rings (SSSR count). The van der Waals surface area contributed by atoms with Crippen LogP contribution in [0.1, 0.15) is 26.2 Å². The van der Waals surface area contributed by atoms with Crippen LogP contribution in [0.25, 0.3) is 0 Å². The molecule has 0 radical (unpaired) electrons. The Morgan fingerprint density at radius 1 is 1.70 bits per heavy atom. The Morgan fingerprint density at radius 2 is 2.50 bits per heavy atom. The van der Waals surface area contributed by atoms with Crippen molar-refractivity contribution in [2.24, 2.45) is 11.3 Å². The second kappa shape index (κ2) is 1.71. The third-order valence-electron chi connectivity index (χ3n) is 2.83. The van der Waals surface area contributed by atoms with Crippen LogP contribution in [0, 0.1) is 11.3 Å². The van der Waals surface area contributed by atoms with E-state index in [0.717, 1.165) is 12.8 Å². The SMILES string of the molecule is CC12C=CC(=O)C(CC1)C2. The van der Waals surface area contributed by atoms with Gasteiger partial charge in [-0.05, 0) is 30.8 Å². The van der Waals surface area contributed by atoms with Gasteiger partial charge in [-0.25, -0.2) is 0 Å². The van der Waals surface area contributed by atoms with E-state index in [1.54, 1.807) is 6.08 Å². The summed E-state index contributed by atoms with van der Waals surface area (Å²) in [6.45, 7) is 2.25. The minimum atomic E-state index is 0.356. The van der Waals surface area contributed by atoms with Crippen molar-refractivity contribution in [1.29, 1.82) is 0 Å². The molecule has 2 unspecified atom stereocenters. The monoisotopic (exact) mass is 136 g/mol. The molecule has 2 aliphatic carbocycles. The van der Waals surface area contributed by atoms with E-state index in [0.29, 0.717) is 17.1 Å². The van der Waals surface area contributed by atoms with E-state index in [2.05, 4.69) is 13.0 Å². The molecule has 0 saturated heterocycles. The van der Waals surface area contributed by atoms with Gasteiger partial charge in [0.2, 0.25) is 0 Å². The molecule has 2 bridgehead atoms. The summed E-state index contributed by atoms with van der Waals surface area (Å²) in [4.78, 5) is 11.1. The van der Waals surface area contributed by atoms with Gasteiger partial charge in [-0.3, -0.25) is 4.79 Å². The summed E-state index contributed by atoms with van der Waals surface area (Å²) in [6, 6.07) is 0. The van der Waals surface area contributed by atoms with Gasteiger partial charge >= 0.3 is 0 Å².